The van der Waals surface area contributed by atoms with E-state index in [0.29, 0.717) is 25.3 Å². The van der Waals surface area contributed by atoms with E-state index in [4.69, 9.17) is 4.74 Å². The molecule has 2 aromatic rings. The number of benzene rings is 2. The summed E-state index contributed by atoms with van der Waals surface area (Å²) >= 11 is 0. The number of carbonyl (C=O) groups is 1. The molecule has 2 rings (SSSR count). The Kier molecular flexibility index (Phi) is 8.28. The molecule has 2 N–H and O–H groups in total. The van der Waals surface area contributed by atoms with Crippen molar-refractivity contribution in [3.8, 4) is 0 Å². The maximum Gasteiger partial charge on any atom is 0.411 e. The Labute approximate surface area is 161 Å². The first-order valence-electron chi connectivity index (χ1n) is 8.67. The molecule has 2 aromatic carbocycles. The third-order valence-electron chi connectivity index (χ3n) is 3.87. The number of rotatable bonds is 9. The third kappa shape index (κ3) is 7.98. The fourth-order valence-corrected chi connectivity index (χ4v) is 2.48. The van der Waals surface area contributed by atoms with Gasteiger partial charge in [0, 0.05) is 20.2 Å². The van der Waals surface area contributed by atoms with Gasteiger partial charge in [-0.2, -0.15) is 13.2 Å². The Hall–Kier alpha value is -2.58. The number of urea groups is 1. The molecule has 0 unspecified atom stereocenters. The molecular formula is C20H23F3N2O3. The molecule has 0 aliphatic carbocycles. The van der Waals surface area contributed by atoms with Crippen molar-refractivity contribution in [3.63, 3.8) is 0 Å². The first-order chi connectivity index (χ1) is 13.4. The van der Waals surface area contributed by atoms with Crippen LogP contribution in [-0.4, -0.2) is 25.9 Å². The first kappa shape index (κ1) is 21.7. The molecular weight excluding hydrogens is 373 g/mol. The molecule has 0 atom stereocenters. The number of hydrogen-bond acceptors (Lipinski definition) is 3. The van der Waals surface area contributed by atoms with Gasteiger partial charge in [0.1, 0.15) is 6.61 Å². The van der Waals surface area contributed by atoms with Crippen LogP contribution in [0.4, 0.5) is 18.0 Å². The summed E-state index contributed by atoms with van der Waals surface area (Å²) in [6.07, 6.45) is -4.33. The van der Waals surface area contributed by atoms with Gasteiger partial charge in [0.05, 0.1) is 13.2 Å². The van der Waals surface area contributed by atoms with Gasteiger partial charge in [0.2, 0.25) is 0 Å². The minimum atomic E-state index is -4.33. The Morgan fingerprint density at radius 3 is 2.14 bits per heavy atom. The number of halogens is 3. The normalized spacial score (nSPS) is 11.3. The predicted molar refractivity (Wildman–Crippen MR) is 98.4 cm³/mol. The fourth-order valence-electron chi connectivity index (χ4n) is 2.48. The largest absolute Gasteiger partial charge is 0.411 e. The Balaban J connectivity index is 1.74. The average Bonchev–Trinajstić information content (AvgIpc) is 2.66. The summed E-state index contributed by atoms with van der Waals surface area (Å²) in [4.78, 5) is 12.0. The van der Waals surface area contributed by atoms with Crippen LogP contribution >= 0.6 is 0 Å². The van der Waals surface area contributed by atoms with E-state index in [9.17, 15) is 18.0 Å². The highest BCUT2D eigenvalue weighted by molar-refractivity contribution is 5.73. The van der Waals surface area contributed by atoms with E-state index in [2.05, 4.69) is 15.4 Å². The molecule has 2 amide bonds. The second-order valence-electron chi connectivity index (χ2n) is 6.16. The highest BCUT2D eigenvalue weighted by Gasteiger charge is 2.27. The fraction of sp³-hybridized carbons (Fsp3) is 0.350. The number of carbonyl (C=O) groups excluding carboxylic acids is 1. The topological polar surface area (TPSA) is 59.6 Å². The minimum Gasteiger partial charge on any atom is -0.380 e. The van der Waals surface area contributed by atoms with Crippen molar-refractivity contribution >= 4 is 6.03 Å². The smallest absolute Gasteiger partial charge is 0.380 e. The van der Waals surface area contributed by atoms with Gasteiger partial charge in [-0.25, -0.2) is 4.79 Å². The van der Waals surface area contributed by atoms with Crippen molar-refractivity contribution in [2.24, 2.45) is 0 Å². The Morgan fingerprint density at radius 1 is 0.893 bits per heavy atom. The summed E-state index contributed by atoms with van der Waals surface area (Å²) in [5.41, 5.74) is 3.44. The summed E-state index contributed by atoms with van der Waals surface area (Å²) in [6.45, 7) is -0.243. The summed E-state index contributed by atoms with van der Waals surface area (Å²) in [5.74, 6) is 0. The van der Waals surface area contributed by atoms with E-state index in [-0.39, 0.29) is 12.6 Å². The van der Waals surface area contributed by atoms with Crippen molar-refractivity contribution in [2.45, 2.75) is 32.5 Å². The van der Waals surface area contributed by atoms with Crippen molar-refractivity contribution in [2.75, 3.05) is 13.7 Å². The zero-order valence-corrected chi connectivity index (χ0v) is 15.5. The molecule has 0 aromatic heterocycles. The quantitative estimate of drug-likeness (QED) is 0.676. The van der Waals surface area contributed by atoms with Crippen LogP contribution in [0.5, 0.6) is 0 Å². The highest BCUT2D eigenvalue weighted by Crippen LogP contribution is 2.16. The lowest BCUT2D eigenvalue weighted by Crippen LogP contribution is -2.34. The van der Waals surface area contributed by atoms with E-state index in [1.165, 1.54) is 0 Å². The maximum atomic E-state index is 12.1. The minimum absolute atomic E-state index is 0.116. The Bertz CT molecular complexity index is 749. The number of amides is 2. The van der Waals surface area contributed by atoms with Gasteiger partial charge in [0.15, 0.2) is 0 Å². The summed E-state index contributed by atoms with van der Waals surface area (Å²) in [5, 5.41) is 5.53. The van der Waals surface area contributed by atoms with Crippen LogP contribution in [0.15, 0.2) is 48.5 Å². The van der Waals surface area contributed by atoms with E-state index in [1.54, 1.807) is 31.4 Å². The molecule has 28 heavy (non-hydrogen) atoms. The van der Waals surface area contributed by atoms with E-state index in [0.717, 1.165) is 16.7 Å². The number of nitrogens with one attached hydrogen (secondary N) is 2. The van der Waals surface area contributed by atoms with Gasteiger partial charge in [-0.1, -0.05) is 48.5 Å². The molecule has 0 radical (unpaired) electrons. The number of methoxy groups -OCH3 is 1. The second-order valence-corrected chi connectivity index (χ2v) is 6.16. The standard InChI is InChI=1S/C20H23F3N2O3/c1-27-13-18-5-3-2-4-17(18)11-25-19(26)24-10-15-6-8-16(9-7-15)12-28-14-20(21,22)23/h2-9H,10-14H2,1H3,(H2,24,25,26). The van der Waals surface area contributed by atoms with Crippen LogP contribution in [0.2, 0.25) is 0 Å². The maximum absolute atomic E-state index is 12.1. The van der Waals surface area contributed by atoms with E-state index >= 15 is 0 Å². The average molecular weight is 396 g/mol. The molecule has 152 valence electrons. The van der Waals surface area contributed by atoms with Crippen molar-refractivity contribution in [3.05, 3.63) is 70.8 Å². The van der Waals surface area contributed by atoms with Gasteiger partial charge in [-0.05, 0) is 22.3 Å². The van der Waals surface area contributed by atoms with Gasteiger partial charge in [0.25, 0.3) is 0 Å². The van der Waals surface area contributed by atoms with Gasteiger partial charge >= 0.3 is 12.2 Å². The molecule has 0 aliphatic heterocycles. The lowest BCUT2D eigenvalue weighted by molar-refractivity contribution is -0.176. The summed E-state index contributed by atoms with van der Waals surface area (Å²) < 4.78 is 45.9. The van der Waals surface area contributed by atoms with Crippen LogP contribution in [0.25, 0.3) is 0 Å². The van der Waals surface area contributed by atoms with Crippen molar-refractivity contribution < 1.29 is 27.4 Å². The highest BCUT2D eigenvalue weighted by atomic mass is 19.4. The van der Waals surface area contributed by atoms with Crippen LogP contribution in [0.3, 0.4) is 0 Å². The zero-order valence-electron chi connectivity index (χ0n) is 15.5. The van der Waals surface area contributed by atoms with Gasteiger partial charge in [-0.3, -0.25) is 0 Å². The van der Waals surface area contributed by atoms with E-state index < -0.39 is 12.8 Å². The predicted octanol–water partition coefficient (Wildman–Crippen LogP) is 3.91. The van der Waals surface area contributed by atoms with Crippen molar-refractivity contribution in [1.29, 1.82) is 0 Å². The molecule has 8 heteroatoms. The summed E-state index contributed by atoms with van der Waals surface area (Å²) in [7, 11) is 1.62. The summed E-state index contributed by atoms with van der Waals surface area (Å²) in [6, 6.07) is 14.2. The van der Waals surface area contributed by atoms with Crippen LogP contribution in [-0.2, 0) is 35.8 Å². The van der Waals surface area contributed by atoms with Crippen LogP contribution in [0.1, 0.15) is 22.3 Å². The molecule has 0 fully saturated rings. The lowest BCUT2D eigenvalue weighted by atomic mass is 10.1. The zero-order chi connectivity index (χ0) is 20.4. The van der Waals surface area contributed by atoms with Crippen LogP contribution in [0, 0.1) is 0 Å². The van der Waals surface area contributed by atoms with E-state index in [1.807, 2.05) is 24.3 Å². The van der Waals surface area contributed by atoms with Gasteiger partial charge < -0.3 is 20.1 Å². The monoisotopic (exact) mass is 396 g/mol. The van der Waals surface area contributed by atoms with Gasteiger partial charge in [-0.15, -0.1) is 0 Å². The molecule has 0 saturated carbocycles. The number of ether oxygens (including phenoxy) is 2. The lowest BCUT2D eigenvalue weighted by Gasteiger charge is -2.11. The Morgan fingerprint density at radius 2 is 1.50 bits per heavy atom. The number of alkyl halides is 3. The second kappa shape index (κ2) is 10.7. The molecule has 0 bridgehead atoms. The third-order valence-corrected chi connectivity index (χ3v) is 3.87. The molecule has 0 aliphatic rings. The number of hydrogen-bond donors (Lipinski definition) is 2. The first-order valence-corrected chi connectivity index (χ1v) is 8.67. The molecule has 0 saturated heterocycles. The van der Waals surface area contributed by atoms with Crippen molar-refractivity contribution in [1.82, 2.24) is 10.6 Å². The van der Waals surface area contributed by atoms with Crippen LogP contribution < -0.4 is 10.6 Å². The SMILES string of the molecule is COCc1ccccc1CNC(=O)NCc1ccc(COCC(F)(F)F)cc1. The molecule has 0 heterocycles. The molecule has 0 spiro atoms. The molecule has 5 nitrogen and oxygen atoms in total.